The molecule has 4 saturated carbocycles. The molecule has 0 unspecified atom stereocenters. The summed E-state index contributed by atoms with van der Waals surface area (Å²) < 4.78 is 28.9. The molecule has 1 aliphatic heterocycles. The summed E-state index contributed by atoms with van der Waals surface area (Å²) in [6, 6.07) is 7.72. The van der Waals surface area contributed by atoms with Crippen molar-refractivity contribution in [1.29, 1.82) is 0 Å². The average Bonchev–Trinajstić information content (AvgIpc) is 3.51. The topological polar surface area (TPSA) is 101 Å². The van der Waals surface area contributed by atoms with Crippen molar-refractivity contribution in [2.75, 3.05) is 31.1 Å². The minimum atomic E-state index is -2.88. The van der Waals surface area contributed by atoms with Crippen LogP contribution in [0.15, 0.2) is 30.3 Å². The van der Waals surface area contributed by atoms with E-state index >= 15 is 0 Å². The Morgan fingerprint density at radius 3 is 2.26 bits per heavy atom. The van der Waals surface area contributed by atoms with Crippen LogP contribution in [0.2, 0.25) is 0 Å². The zero-order chi connectivity index (χ0) is 38.2. The van der Waals surface area contributed by atoms with Crippen molar-refractivity contribution in [3.63, 3.8) is 0 Å². The van der Waals surface area contributed by atoms with E-state index in [9.17, 15) is 23.1 Å². The first-order chi connectivity index (χ1) is 24.9. The van der Waals surface area contributed by atoms with Crippen molar-refractivity contribution >= 4 is 27.7 Å². The highest BCUT2D eigenvalue weighted by Gasteiger charge is 2.72. The molecular weight excluding hydrogens is 683 g/mol. The van der Waals surface area contributed by atoms with E-state index in [0.717, 1.165) is 76.3 Å². The van der Waals surface area contributed by atoms with Gasteiger partial charge >= 0.3 is 0 Å². The fraction of sp³-hybridized carbons (Fsp3) is 0.778. The summed E-state index contributed by atoms with van der Waals surface area (Å²) >= 11 is 0. The lowest BCUT2D eigenvalue weighted by Gasteiger charge is -2.73. The predicted octanol–water partition coefficient (Wildman–Crippen LogP) is 8.39. The summed E-state index contributed by atoms with van der Waals surface area (Å²) in [5, 5.41) is 12.4. The number of allylic oxidation sites excluding steroid dienone is 1. The Bertz CT molecular complexity index is 1690. The number of hydrogen-bond donors (Lipinski definition) is 1. The van der Waals surface area contributed by atoms with Gasteiger partial charge in [-0.2, -0.15) is 0 Å². The molecule has 1 saturated heterocycles. The smallest absolute Gasteiger partial charge is 0.298 e. The van der Waals surface area contributed by atoms with Crippen molar-refractivity contribution in [3.05, 3.63) is 35.9 Å². The molecule has 5 aliphatic carbocycles. The molecule has 294 valence electrons. The van der Waals surface area contributed by atoms with Crippen molar-refractivity contribution in [3.8, 4) is 5.75 Å². The predicted molar refractivity (Wildman–Crippen MR) is 211 cm³/mol. The molecule has 1 aromatic carbocycles. The standard InChI is InChI=1S/C45H67NO6S/c1-30(2)33-17-20-45(38(48)10-8-9-23-46-24-26-53(50,51)27-25-46)22-21-42(5)34(40(33)45)15-16-37-43(42,6)19-18-36-41(3,4)35(28-39(49)44(36,37)7)31-11-13-32(14-12-31)52-29-47/h11-14,28-30,33-34,36-37,39-40,49H,8-10,15-27H2,1-7H3/t33-,34+,36-,37-,39-,40+,42+,43+,44-,45+/m0/s1. The number of unbranched alkanes of at least 4 members (excludes halogenated alkanes) is 1. The van der Waals surface area contributed by atoms with Crippen LogP contribution < -0.4 is 4.74 Å². The van der Waals surface area contributed by atoms with Crippen LogP contribution in [0, 0.1) is 62.6 Å². The van der Waals surface area contributed by atoms with Crippen LogP contribution in [0.4, 0.5) is 0 Å². The second-order valence-corrected chi connectivity index (χ2v) is 22.3. The maximum absolute atomic E-state index is 14.6. The number of aliphatic hydroxyl groups excluding tert-OH is 1. The Hall–Kier alpha value is -2.03. The Morgan fingerprint density at radius 1 is 0.906 bits per heavy atom. The number of nitrogens with zero attached hydrogens (tertiary/aromatic N) is 1. The fourth-order valence-corrected chi connectivity index (χ4v) is 15.8. The average molecular weight is 750 g/mol. The summed E-state index contributed by atoms with van der Waals surface area (Å²) in [5.74, 6) is 4.33. The maximum atomic E-state index is 14.6. The van der Waals surface area contributed by atoms with Crippen LogP contribution in [0.1, 0.15) is 125 Å². The van der Waals surface area contributed by atoms with Gasteiger partial charge in [0.1, 0.15) is 11.5 Å². The molecule has 0 bridgehead atoms. The first-order valence-corrected chi connectivity index (χ1v) is 22.8. The highest BCUT2D eigenvalue weighted by Crippen LogP contribution is 2.78. The lowest BCUT2D eigenvalue weighted by molar-refractivity contribution is -0.242. The number of benzene rings is 1. The highest BCUT2D eigenvalue weighted by molar-refractivity contribution is 7.91. The van der Waals surface area contributed by atoms with Crippen LogP contribution in [0.25, 0.3) is 5.57 Å². The number of hydrogen-bond acceptors (Lipinski definition) is 7. The molecular formula is C45H67NO6S. The van der Waals surface area contributed by atoms with Gasteiger partial charge in [-0.1, -0.05) is 66.7 Å². The quantitative estimate of drug-likeness (QED) is 0.190. The summed E-state index contributed by atoms with van der Waals surface area (Å²) in [5.41, 5.74) is 1.82. The number of carbonyl (C=O) groups is 2. The van der Waals surface area contributed by atoms with E-state index in [1.165, 1.54) is 5.57 Å². The van der Waals surface area contributed by atoms with Gasteiger partial charge in [0.2, 0.25) is 0 Å². The minimum Gasteiger partial charge on any atom is -0.429 e. The van der Waals surface area contributed by atoms with E-state index in [0.29, 0.717) is 73.0 Å². The Morgan fingerprint density at radius 2 is 1.60 bits per heavy atom. The second-order valence-electron chi connectivity index (χ2n) is 20.0. The van der Waals surface area contributed by atoms with Gasteiger partial charge in [-0.3, -0.25) is 9.59 Å². The summed E-state index contributed by atoms with van der Waals surface area (Å²) in [6.45, 7) is 19.7. The summed E-state index contributed by atoms with van der Waals surface area (Å²) in [4.78, 5) is 27.8. The summed E-state index contributed by atoms with van der Waals surface area (Å²) in [7, 11) is -2.88. The van der Waals surface area contributed by atoms with Gasteiger partial charge in [0.15, 0.2) is 9.84 Å². The van der Waals surface area contributed by atoms with E-state index in [1.807, 2.05) is 24.3 Å². The Kier molecular flexibility index (Phi) is 10.3. The van der Waals surface area contributed by atoms with Gasteiger partial charge in [-0.25, -0.2) is 8.42 Å². The van der Waals surface area contributed by atoms with Crippen LogP contribution in [0.3, 0.4) is 0 Å². The molecule has 0 aromatic heterocycles. The molecule has 7 rings (SSSR count). The van der Waals surface area contributed by atoms with Crippen molar-refractivity contribution in [1.82, 2.24) is 4.90 Å². The second kappa shape index (κ2) is 13.9. The molecule has 5 fully saturated rings. The van der Waals surface area contributed by atoms with Gasteiger partial charge in [0, 0.05) is 30.3 Å². The zero-order valence-electron chi connectivity index (χ0n) is 33.7. The third kappa shape index (κ3) is 6.13. The SMILES string of the molecule is CC(C)[C@@H]1CC[C@]2(C(=O)CCCCN3CCS(=O)(=O)CC3)CC[C@]3(C)[C@H](CC[C@@H]4[C@@]5(C)[C@@H](O)C=C(c6ccc(OC=O)cc6)C(C)(C)[C@@H]5CC[C@]43C)[C@@H]12. The van der Waals surface area contributed by atoms with Crippen LogP contribution in [-0.2, 0) is 19.4 Å². The molecule has 8 heteroatoms. The molecule has 1 N–H and O–H groups in total. The van der Waals surface area contributed by atoms with E-state index in [1.54, 1.807) is 0 Å². The van der Waals surface area contributed by atoms with Crippen molar-refractivity contribution in [2.45, 2.75) is 125 Å². The van der Waals surface area contributed by atoms with E-state index in [2.05, 4.69) is 59.4 Å². The number of Topliss-reactive ketones (excluding diaryl/α,β-unsaturated/α-hetero) is 1. The molecule has 10 atom stereocenters. The number of ketones is 1. The lowest BCUT2D eigenvalue weighted by atomic mass is 9.32. The summed E-state index contributed by atoms with van der Waals surface area (Å²) in [6.07, 6.45) is 12.9. The third-order valence-corrected chi connectivity index (χ3v) is 19.1. The van der Waals surface area contributed by atoms with Gasteiger partial charge in [0.05, 0.1) is 17.6 Å². The van der Waals surface area contributed by atoms with Crippen LogP contribution in [0.5, 0.6) is 5.75 Å². The monoisotopic (exact) mass is 749 g/mol. The van der Waals surface area contributed by atoms with Gasteiger partial charge in [-0.05, 0) is 146 Å². The number of aliphatic hydroxyl groups is 1. The van der Waals surface area contributed by atoms with E-state index < -0.39 is 15.9 Å². The maximum Gasteiger partial charge on any atom is 0.298 e. The van der Waals surface area contributed by atoms with Crippen LogP contribution >= 0.6 is 0 Å². The zero-order valence-corrected chi connectivity index (χ0v) is 34.5. The molecule has 7 nitrogen and oxygen atoms in total. The van der Waals surface area contributed by atoms with Gasteiger partial charge < -0.3 is 14.7 Å². The molecule has 0 radical (unpaired) electrons. The molecule has 0 amide bonds. The van der Waals surface area contributed by atoms with Crippen molar-refractivity contribution < 1.29 is 27.9 Å². The molecule has 1 heterocycles. The number of fused-ring (bicyclic) bond motifs is 7. The van der Waals surface area contributed by atoms with Gasteiger partial charge in [-0.15, -0.1) is 0 Å². The molecule has 6 aliphatic rings. The number of carbonyl (C=O) groups excluding carboxylic acids is 2. The molecule has 53 heavy (non-hydrogen) atoms. The highest BCUT2D eigenvalue weighted by atomic mass is 32.2. The van der Waals surface area contributed by atoms with Crippen LogP contribution in [-0.4, -0.2) is 67.9 Å². The largest absolute Gasteiger partial charge is 0.429 e. The Balaban J connectivity index is 1.13. The normalized spacial score (nSPS) is 41.7. The van der Waals surface area contributed by atoms with Gasteiger partial charge in [0.25, 0.3) is 6.47 Å². The molecule has 1 aromatic rings. The first-order valence-electron chi connectivity index (χ1n) is 21.0. The minimum absolute atomic E-state index is 0.0681. The third-order valence-electron chi connectivity index (χ3n) is 17.5. The number of ether oxygens (including phenoxy) is 1. The van der Waals surface area contributed by atoms with Crippen molar-refractivity contribution in [2.24, 2.45) is 62.6 Å². The van der Waals surface area contributed by atoms with E-state index in [4.69, 9.17) is 4.74 Å². The fourth-order valence-electron chi connectivity index (χ4n) is 14.5. The first kappa shape index (κ1) is 39.2. The lowest BCUT2D eigenvalue weighted by Crippen LogP contribution is -2.68. The number of sulfone groups is 1. The number of rotatable bonds is 10. The Labute approximate surface area is 320 Å². The van der Waals surface area contributed by atoms with E-state index in [-0.39, 0.29) is 38.6 Å². The molecule has 0 spiro atoms.